The van der Waals surface area contributed by atoms with Crippen molar-refractivity contribution < 1.29 is 92.5 Å². The molecule has 0 fully saturated rings. The summed E-state index contributed by atoms with van der Waals surface area (Å²) >= 11 is 7.59. The first-order chi connectivity index (χ1) is 39.8. The number of aromatic hydroxyl groups is 1. The lowest BCUT2D eigenvalue weighted by Crippen LogP contribution is -2.08. The molecule has 0 radical (unpaired) electrons. The second-order valence-corrected chi connectivity index (χ2v) is 29.2. The zero-order chi connectivity index (χ0) is 63.4. The normalized spacial score (nSPS) is 13.1. The number of aryl methyl sites for hydroxylation is 1. The Balaban J connectivity index is 1.24. The van der Waals surface area contributed by atoms with Crippen LogP contribution in [0.25, 0.3) is 37.7 Å². The van der Waals surface area contributed by atoms with Gasteiger partial charge in [0.05, 0.1) is 55.1 Å². The predicted molar refractivity (Wildman–Crippen MR) is 308 cm³/mol. The van der Waals surface area contributed by atoms with Gasteiger partial charge in [0.25, 0.3) is 60.7 Å². The van der Waals surface area contributed by atoms with E-state index in [0.29, 0.717) is 23.5 Å². The molecular formula is C45H38ClN11O21S8. The van der Waals surface area contributed by atoms with Gasteiger partial charge in [-0.1, -0.05) is 22.9 Å². The van der Waals surface area contributed by atoms with E-state index >= 15 is 0 Å². The molecule has 3 aromatic heterocycles. The smallest absolute Gasteiger partial charge is 0.296 e. The maximum Gasteiger partial charge on any atom is 0.296 e. The summed E-state index contributed by atoms with van der Waals surface area (Å²) in [4.78, 5) is 17.2. The summed E-state index contributed by atoms with van der Waals surface area (Å²) in [6.07, 6.45) is -0.400. The number of benzene rings is 5. The van der Waals surface area contributed by atoms with Gasteiger partial charge in [-0.3, -0.25) is 36.5 Å². The fourth-order valence-electron chi connectivity index (χ4n) is 8.11. The van der Waals surface area contributed by atoms with E-state index in [2.05, 4.69) is 46.0 Å². The fourth-order valence-corrected chi connectivity index (χ4v) is 14.2. The molecule has 0 saturated heterocycles. The van der Waals surface area contributed by atoms with E-state index < -0.39 is 130 Å². The number of thioether (sulfide) groups is 1. The average Bonchev–Trinajstić information content (AvgIpc) is 1.50. The van der Waals surface area contributed by atoms with E-state index in [0.717, 1.165) is 41.3 Å². The lowest BCUT2D eigenvalue weighted by molar-refractivity contribution is -0.114. The topological polar surface area (TPSA) is 513 Å². The largest absolute Gasteiger partial charge is 0.493 e. The van der Waals surface area contributed by atoms with Crippen LogP contribution in [-0.4, -0.2) is 127 Å². The molecule has 8 aromatic rings. The molecule has 41 heteroatoms. The Morgan fingerprint density at radius 1 is 0.709 bits per heavy atom. The maximum absolute atomic E-state index is 12.7. The molecule has 0 bridgehead atoms. The number of amides is 1. The van der Waals surface area contributed by atoms with E-state index in [9.17, 15) is 93.0 Å². The Kier molecular flexibility index (Phi) is 18.1. The van der Waals surface area contributed by atoms with E-state index in [1.54, 1.807) is 0 Å². The van der Waals surface area contributed by atoms with Crippen molar-refractivity contribution >= 4 is 178 Å². The number of imidazole rings is 1. The molecule has 454 valence electrons. The molecule has 32 nitrogen and oxygen atoms in total. The molecule has 86 heavy (non-hydrogen) atoms. The van der Waals surface area contributed by atoms with Crippen molar-refractivity contribution in [2.75, 3.05) is 29.2 Å². The third kappa shape index (κ3) is 14.6. The van der Waals surface area contributed by atoms with Crippen LogP contribution in [0.4, 0.5) is 39.3 Å². The van der Waals surface area contributed by atoms with E-state index in [1.165, 1.54) is 38.1 Å². The number of carbonyl (C=O) groups excluding carboxylic acids is 1. The van der Waals surface area contributed by atoms with E-state index in [-0.39, 0.29) is 108 Å². The molecule has 0 atom stereocenters. The zero-order valence-corrected chi connectivity index (χ0v) is 50.7. The number of hydrogen-bond acceptors (Lipinski definition) is 26. The molecule has 8 N–H and O–H groups in total. The Hall–Kier alpha value is -7.34. The number of pyridine rings is 1. The summed E-state index contributed by atoms with van der Waals surface area (Å²) in [5.74, 6) is -2.94. The van der Waals surface area contributed by atoms with Crippen LogP contribution in [0.15, 0.2) is 110 Å². The summed E-state index contributed by atoms with van der Waals surface area (Å²) in [6.45, 7) is 3.67. The van der Waals surface area contributed by atoms with Crippen LogP contribution in [0.3, 0.4) is 0 Å². The van der Waals surface area contributed by atoms with Gasteiger partial charge >= 0.3 is 0 Å². The number of ether oxygens (including phenoxy) is 1. The third-order valence-corrected chi connectivity index (χ3v) is 19.5. The number of nitriles is 1. The molecule has 0 spiro atoms. The molecule has 0 aliphatic heterocycles. The summed E-state index contributed by atoms with van der Waals surface area (Å²) in [5, 5.41) is 48.0. The number of thiazole rings is 1. The number of hydrogen-bond donors (Lipinski definition) is 8. The van der Waals surface area contributed by atoms with E-state index in [1.807, 2.05) is 6.07 Å². The summed E-state index contributed by atoms with van der Waals surface area (Å²) in [7, 11) is -29.6. The van der Waals surface area contributed by atoms with Crippen LogP contribution in [-0.2, 0) is 65.5 Å². The number of rotatable bonds is 21. The standard InChI is InChI=1S/C45H38ClN11O21S8/c1-20-10-32(53-55-40-21(2)26(19-47)43-49-31-18-38(85(72,73)74)27(46)14-34(31)57(43)44(40)59)35(78-6-4-8-81(60,61)62)16-28(20)51-54-33-15-29(48-22(3)58)30(17-36(33)79-7-5-9-82(63,64)65)52-56-45-50-41-39(86(75,76)77)13-24-25(42(41)80-45)11-23(83(66,67)68)12-37(24)84(69,70)71/h10-18,59H,4-9H2,1-3H3,(H,48,58)(H,60,61,62)(H,63,64,65)(H,66,67,68)(H,69,70,71)(H,72,73,74)(H,75,76,77). The minimum atomic E-state index is -5.36. The van der Waals surface area contributed by atoms with Crippen molar-refractivity contribution in [2.45, 2.75) is 58.1 Å². The first kappa shape index (κ1) is 64.7. The summed E-state index contributed by atoms with van der Waals surface area (Å²) in [6, 6.07) is 10.8. The van der Waals surface area contributed by atoms with Crippen molar-refractivity contribution in [3.05, 3.63) is 76.3 Å². The number of anilines is 1. The number of carbonyl (C=O) groups is 1. The Morgan fingerprint density at radius 3 is 1.95 bits per heavy atom. The quantitative estimate of drug-likeness (QED) is 0.0144. The van der Waals surface area contributed by atoms with Gasteiger partial charge in [0.1, 0.15) is 54.6 Å². The van der Waals surface area contributed by atoms with Gasteiger partial charge in [-0.25, -0.2) is 9.97 Å². The molecular weight excluding hydrogens is 1320 g/mol. The Labute approximate surface area is 498 Å². The van der Waals surface area contributed by atoms with Gasteiger partial charge in [-0.15, -0.1) is 37.3 Å². The lowest BCUT2D eigenvalue weighted by Gasteiger charge is -2.13. The number of azo groups is 3. The monoisotopic (exact) mass is 1360 g/mol. The van der Waals surface area contributed by atoms with Crippen molar-refractivity contribution in [3.8, 4) is 17.7 Å². The number of nitrogens with zero attached hydrogens (tertiary/aromatic N) is 10. The van der Waals surface area contributed by atoms with Crippen LogP contribution in [0.5, 0.6) is 11.6 Å². The number of aromatic nitrogens is 3. The predicted octanol–water partition coefficient (Wildman–Crippen LogP) is 9.32. The highest BCUT2D eigenvalue weighted by Gasteiger charge is 2.29. The molecule has 0 aliphatic rings. The molecule has 8 rings (SSSR count). The summed E-state index contributed by atoms with van der Waals surface area (Å²) < 4.78 is 210. The van der Waals surface area contributed by atoms with Crippen LogP contribution >= 0.6 is 34.7 Å². The Bertz CT molecular complexity index is 5090. The zero-order valence-electron chi connectivity index (χ0n) is 43.4. The molecule has 1 amide bonds. The van der Waals surface area contributed by atoms with Crippen LogP contribution in [0.1, 0.15) is 36.5 Å². The second-order valence-electron chi connectivity index (χ2n) is 18.0. The van der Waals surface area contributed by atoms with Crippen molar-refractivity contribution in [1.82, 2.24) is 14.4 Å². The van der Waals surface area contributed by atoms with E-state index in [4.69, 9.17) is 16.3 Å². The van der Waals surface area contributed by atoms with Crippen molar-refractivity contribution in [3.63, 3.8) is 0 Å². The molecule has 0 aliphatic carbocycles. The van der Waals surface area contributed by atoms with Gasteiger partial charge in [0, 0.05) is 34.2 Å². The highest BCUT2D eigenvalue weighted by Crippen LogP contribution is 2.46. The summed E-state index contributed by atoms with van der Waals surface area (Å²) in [5.41, 5.74) is -1.46. The van der Waals surface area contributed by atoms with Gasteiger partial charge in [0.15, 0.2) is 11.3 Å². The molecule has 5 aromatic carbocycles. The first-order valence-electron chi connectivity index (χ1n) is 23.4. The molecule has 0 unspecified atom stereocenters. The average molecular weight is 1360 g/mol. The number of fused-ring (bicyclic) bond motifs is 6. The Morgan fingerprint density at radius 2 is 1.34 bits per heavy atom. The molecule has 3 heterocycles. The van der Waals surface area contributed by atoms with Crippen LogP contribution < -0.4 is 10.1 Å². The number of halogens is 1. The van der Waals surface area contributed by atoms with Gasteiger partial charge in [-0.2, -0.15) is 60.9 Å². The highest BCUT2D eigenvalue weighted by atomic mass is 35.5. The molecule has 0 saturated carbocycles. The first-order valence-corrected chi connectivity index (χ1v) is 34.6. The number of nitrogens with one attached hydrogen (secondary N) is 1. The fraction of sp³-hybridized carbons (Fsp3) is 0.200. The highest BCUT2D eigenvalue weighted by molar-refractivity contribution is 7.99. The second kappa shape index (κ2) is 24.1. The maximum atomic E-state index is 12.7. The third-order valence-electron chi connectivity index (χ3n) is 11.9. The SMILES string of the molecule is CC(=O)Nc1cc(N=Nc2cc(OCCCS(=O)(=O)O)c(N=Nc3c(C)c(C#N)c4nc5cc(S(=O)(=O)O)c(Cl)cc5n4c3O)cc2C)c(SCCCS(=O)(=O)O)cc1N=Nc1nc2c(S(=O)(=O)O)cc3c(S(=O)(=O)O)cc(S(=O)(=O)O)cc3c2s1. The van der Waals surface area contributed by atoms with Crippen molar-refractivity contribution in [1.29, 1.82) is 5.26 Å². The van der Waals surface area contributed by atoms with Gasteiger partial charge < -0.3 is 15.2 Å². The minimum absolute atomic E-state index is 0.0115. The van der Waals surface area contributed by atoms with Crippen LogP contribution in [0, 0.1) is 25.2 Å². The van der Waals surface area contributed by atoms with Crippen LogP contribution in [0.2, 0.25) is 5.02 Å². The minimum Gasteiger partial charge on any atom is -0.493 e. The van der Waals surface area contributed by atoms with Gasteiger partial charge in [0.2, 0.25) is 16.9 Å². The van der Waals surface area contributed by atoms with Crippen molar-refractivity contribution in [2.24, 2.45) is 30.7 Å². The lowest BCUT2D eigenvalue weighted by atomic mass is 10.1. The van der Waals surface area contributed by atoms with Gasteiger partial charge in [-0.05, 0) is 86.5 Å².